The van der Waals surface area contributed by atoms with Crippen molar-refractivity contribution in [2.75, 3.05) is 26.8 Å². The fourth-order valence-corrected chi connectivity index (χ4v) is 4.15. The van der Waals surface area contributed by atoms with Gasteiger partial charge in [-0.3, -0.25) is 9.59 Å². The molecule has 2 aromatic rings. The molecule has 2 aliphatic rings. The van der Waals surface area contributed by atoms with Crippen LogP contribution in [0.25, 0.3) is 11.0 Å². The molecular formula is C20H23NO5. The van der Waals surface area contributed by atoms with Crippen molar-refractivity contribution >= 4 is 16.9 Å². The maximum absolute atomic E-state index is 12.8. The van der Waals surface area contributed by atoms with Crippen LogP contribution in [0.2, 0.25) is 0 Å². The summed E-state index contributed by atoms with van der Waals surface area (Å²) in [6.45, 7) is 1.87. The summed E-state index contributed by atoms with van der Waals surface area (Å²) in [5.41, 5.74) is -0.0563. The molecule has 0 aliphatic carbocycles. The number of ether oxygens (including phenoxy) is 2. The van der Waals surface area contributed by atoms with Crippen LogP contribution in [-0.2, 0) is 9.47 Å². The molecule has 0 N–H and O–H groups in total. The van der Waals surface area contributed by atoms with Gasteiger partial charge in [0.05, 0.1) is 17.1 Å². The lowest BCUT2D eigenvalue weighted by Crippen LogP contribution is -2.56. The summed E-state index contributed by atoms with van der Waals surface area (Å²) < 4.78 is 17.4. The Morgan fingerprint density at radius 2 is 2.04 bits per heavy atom. The van der Waals surface area contributed by atoms with Gasteiger partial charge in [-0.05, 0) is 37.8 Å². The Morgan fingerprint density at radius 1 is 1.27 bits per heavy atom. The van der Waals surface area contributed by atoms with Crippen molar-refractivity contribution in [1.82, 2.24) is 4.90 Å². The van der Waals surface area contributed by atoms with Crippen LogP contribution in [0.15, 0.2) is 39.5 Å². The van der Waals surface area contributed by atoms with Crippen molar-refractivity contribution in [1.29, 1.82) is 0 Å². The van der Waals surface area contributed by atoms with Gasteiger partial charge in [0.25, 0.3) is 5.91 Å². The molecule has 0 bridgehead atoms. The number of rotatable bonds is 2. The topological polar surface area (TPSA) is 69.0 Å². The van der Waals surface area contributed by atoms with Gasteiger partial charge in [0, 0.05) is 32.9 Å². The van der Waals surface area contributed by atoms with Crippen LogP contribution in [0.1, 0.15) is 36.2 Å². The molecule has 26 heavy (non-hydrogen) atoms. The van der Waals surface area contributed by atoms with E-state index in [0.29, 0.717) is 24.1 Å². The maximum atomic E-state index is 12.8. The van der Waals surface area contributed by atoms with E-state index in [1.165, 1.54) is 6.07 Å². The Kier molecular flexibility index (Phi) is 4.54. The molecule has 3 heterocycles. The van der Waals surface area contributed by atoms with Gasteiger partial charge in [0.15, 0.2) is 11.2 Å². The molecule has 2 fully saturated rings. The first-order chi connectivity index (χ1) is 12.6. The number of benzene rings is 1. The minimum absolute atomic E-state index is 0.0760. The van der Waals surface area contributed by atoms with Gasteiger partial charge in [-0.15, -0.1) is 0 Å². The molecule has 138 valence electrons. The first-order valence-electron chi connectivity index (χ1n) is 9.12. The Balaban J connectivity index is 1.53. The molecule has 1 unspecified atom stereocenters. The maximum Gasteiger partial charge on any atom is 0.289 e. The SMILES string of the molecule is COC1CCCOC12CCN(C(=O)c1cc(=O)c3ccccc3o1)CC2. The number of fused-ring (bicyclic) bond motifs is 1. The number of methoxy groups -OCH3 is 1. The standard InChI is InChI=1S/C20H23NO5/c1-24-18-7-4-12-25-20(18)8-10-21(11-9-20)19(23)17-13-15(22)14-5-2-3-6-16(14)26-17/h2-3,5-6,13,18H,4,7-12H2,1H3. The second kappa shape index (κ2) is 6.85. The number of hydrogen-bond donors (Lipinski definition) is 0. The first-order valence-corrected chi connectivity index (χ1v) is 9.12. The highest BCUT2D eigenvalue weighted by Crippen LogP contribution is 2.37. The molecule has 0 saturated carbocycles. The summed E-state index contributed by atoms with van der Waals surface area (Å²) in [5.74, 6) is -0.148. The van der Waals surface area contributed by atoms with Gasteiger partial charge < -0.3 is 18.8 Å². The molecule has 1 atom stereocenters. The van der Waals surface area contributed by atoms with Crippen molar-refractivity contribution in [2.24, 2.45) is 0 Å². The van der Waals surface area contributed by atoms with Crippen LogP contribution in [-0.4, -0.2) is 49.3 Å². The molecule has 1 aromatic carbocycles. The molecule has 1 aromatic heterocycles. The quantitative estimate of drug-likeness (QED) is 0.826. The lowest BCUT2D eigenvalue weighted by molar-refractivity contribution is -0.183. The second-order valence-corrected chi connectivity index (χ2v) is 7.04. The molecular weight excluding hydrogens is 334 g/mol. The minimum atomic E-state index is -0.298. The van der Waals surface area contributed by atoms with E-state index < -0.39 is 0 Å². The van der Waals surface area contributed by atoms with E-state index in [4.69, 9.17) is 13.9 Å². The minimum Gasteiger partial charge on any atom is -0.451 e. The van der Waals surface area contributed by atoms with Gasteiger partial charge >= 0.3 is 0 Å². The monoisotopic (exact) mass is 357 g/mol. The third kappa shape index (κ3) is 2.93. The lowest BCUT2D eigenvalue weighted by atomic mass is 9.82. The average Bonchev–Trinajstić information content (AvgIpc) is 2.68. The third-order valence-electron chi connectivity index (χ3n) is 5.61. The summed E-state index contributed by atoms with van der Waals surface area (Å²) in [4.78, 5) is 26.8. The Labute approximate surface area is 151 Å². The van der Waals surface area contributed by atoms with Crippen molar-refractivity contribution in [3.63, 3.8) is 0 Å². The average molecular weight is 357 g/mol. The number of amides is 1. The summed E-state index contributed by atoms with van der Waals surface area (Å²) in [7, 11) is 1.72. The summed E-state index contributed by atoms with van der Waals surface area (Å²) in [6.07, 6.45) is 3.53. The molecule has 1 spiro atoms. The van der Waals surface area contributed by atoms with E-state index in [9.17, 15) is 9.59 Å². The molecule has 6 heteroatoms. The van der Waals surface area contributed by atoms with Gasteiger partial charge in [-0.1, -0.05) is 12.1 Å². The Hall–Kier alpha value is -2.18. The van der Waals surface area contributed by atoms with E-state index in [0.717, 1.165) is 32.3 Å². The number of hydrogen-bond acceptors (Lipinski definition) is 5. The van der Waals surface area contributed by atoms with Crippen LogP contribution in [0, 0.1) is 0 Å². The molecule has 1 amide bonds. The van der Waals surface area contributed by atoms with Crippen molar-refractivity contribution in [3.8, 4) is 0 Å². The molecule has 2 aliphatic heterocycles. The van der Waals surface area contributed by atoms with Crippen molar-refractivity contribution < 1.29 is 18.7 Å². The summed E-state index contributed by atoms with van der Waals surface area (Å²) in [5, 5.41) is 0.486. The van der Waals surface area contributed by atoms with Gasteiger partial charge in [0.1, 0.15) is 5.58 Å². The van der Waals surface area contributed by atoms with E-state index in [1.807, 2.05) is 0 Å². The molecule has 2 saturated heterocycles. The predicted octanol–water partition coefficient (Wildman–Crippen LogP) is 2.59. The zero-order valence-electron chi connectivity index (χ0n) is 14.9. The van der Waals surface area contributed by atoms with E-state index in [1.54, 1.807) is 36.3 Å². The van der Waals surface area contributed by atoms with Gasteiger partial charge in [0.2, 0.25) is 0 Å². The summed E-state index contributed by atoms with van der Waals surface area (Å²) >= 11 is 0. The second-order valence-electron chi connectivity index (χ2n) is 7.04. The van der Waals surface area contributed by atoms with Crippen LogP contribution in [0.4, 0.5) is 0 Å². The number of piperidine rings is 1. The lowest BCUT2D eigenvalue weighted by Gasteiger charge is -2.47. The highest BCUT2D eigenvalue weighted by molar-refractivity contribution is 5.93. The van der Waals surface area contributed by atoms with Crippen molar-refractivity contribution in [3.05, 3.63) is 46.3 Å². The number of carbonyl (C=O) groups excluding carboxylic acids is 1. The number of carbonyl (C=O) groups is 1. The van der Waals surface area contributed by atoms with Crippen LogP contribution in [0.3, 0.4) is 0 Å². The fraction of sp³-hybridized carbons (Fsp3) is 0.500. The number of para-hydroxylation sites is 1. The normalized spacial score (nSPS) is 22.7. The highest BCUT2D eigenvalue weighted by Gasteiger charge is 2.45. The molecule has 6 nitrogen and oxygen atoms in total. The van der Waals surface area contributed by atoms with E-state index in [2.05, 4.69) is 0 Å². The van der Waals surface area contributed by atoms with Crippen LogP contribution >= 0.6 is 0 Å². The van der Waals surface area contributed by atoms with Crippen LogP contribution in [0.5, 0.6) is 0 Å². The highest BCUT2D eigenvalue weighted by atomic mass is 16.5. The predicted molar refractivity (Wildman–Crippen MR) is 96.3 cm³/mol. The first kappa shape index (κ1) is 17.2. The molecule has 4 rings (SSSR count). The van der Waals surface area contributed by atoms with E-state index >= 15 is 0 Å². The van der Waals surface area contributed by atoms with Gasteiger partial charge in [-0.2, -0.15) is 0 Å². The van der Waals surface area contributed by atoms with Crippen molar-refractivity contribution in [2.45, 2.75) is 37.4 Å². The molecule has 0 radical (unpaired) electrons. The third-order valence-corrected chi connectivity index (χ3v) is 5.61. The number of likely N-dealkylation sites (tertiary alicyclic amines) is 1. The fourth-order valence-electron chi connectivity index (χ4n) is 4.15. The van der Waals surface area contributed by atoms with Gasteiger partial charge in [-0.25, -0.2) is 0 Å². The van der Waals surface area contributed by atoms with E-state index in [-0.39, 0.29) is 28.8 Å². The smallest absolute Gasteiger partial charge is 0.289 e. The zero-order valence-corrected chi connectivity index (χ0v) is 14.9. The number of nitrogens with zero attached hydrogens (tertiary/aromatic N) is 1. The Morgan fingerprint density at radius 3 is 2.81 bits per heavy atom. The zero-order chi connectivity index (χ0) is 18.1. The summed E-state index contributed by atoms with van der Waals surface area (Å²) in [6, 6.07) is 8.27. The largest absolute Gasteiger partial charge is 0.451 e. The Bertz CT molecular complexity index is 866. The van der Waals surface area contributed by atoms with Crippen LogP contribution < -0.4 is 5.43 Å².